The molecule has 0 heterocycles. The number of anilines is 1. The Hall–Kier alpha value is -1.55. The first kappa shape index (κ1) is 15.8. The largest absolute Gasteiger partial charge is 0.399 e. The van der Waals surface area contributed by atoms with Gasteiger partial charge in [0.05, 0.1) is 0 Å². The minimum Gasteiger partial charge on any atom is -0.399 e. The SMILES string of the molecule is CN(CCNC(=O)CCc1cccc(N)c1)C1CCCC1. The van der Waals surface area contributed by atoms with E-state index in [1.54, 1.807) is 0 Å². The lowest BCUT2D eigenvalue weighted by atomic mass is 10.1. The van der Waals surface area contributed by atoms with E-state index < -0.39 is 0 Å². The number of nitrogen functional groups attached to an aromatic ring is 1. The molecule has 3 N–H and O–H groups in total. The van der Waals surface area contributed by atoms with Gasteiger partial charge < -0.3 is 16.0 Å². The van der Waals surface area contributed by atoms with Crippen LogP contribution in [0.1, 0.15) is 37.7 Å². The Bertz CT molecular complexity index is 455. The molecule has 4 heteroatoms. The molecule has 0 bridgehead atoms. The van der Waals surface area contributed by atoms with Gasteiger partial charge in [-0.3, -0.25) is 4.79 Å². The van der Waals surface area contributed by atoms with Gasteiger partial charge in [-0.2, -0.15) is 0 Å². The summed E-state index contributed by atoms with van der Waals surface area (Å²) in [5.74, 6) is 0.122. The van der Waals surface area contributed by atoms with E-state index in [1.807, 2.05) is 24.3 Å². The Balaban J connectivity index is 1.61. The summed E-state index contributed by atoms with van der Waals surface area (Å²) in [6.45, 7) is 1.68. The summed E-state index contributed by atoms with van der Waals surface area (Å²) in [6.07, 6.45) is 6.58. The number of nitrogens with one attached hydrogen (secondary N) is 1. The summed E-state index contributed by atoms with van der Waals surface area (Å²) < 4.78 is 0. The molecule has 1 saturated carbocycles. The number of amides is 1. The average molecular weight is 289 g/mol. The third-order valence-electron chi connectivity index (χ3n) is 4.33. The van der Waals surface area contributed by atoms with Crippen molar-refractivity contribution in [3.63, 3.8) is 0 Å². The van der Waals surface area contributed by atoms with Crippen LogP contribution in [0.3, 0.4) is 0 Å². The maximum Gasteiger partial charge on any atom is 0.220 e. The Kier molecular flexibility index (Phi) is 6.05. The van der Waals surface area contributed by atoms with Crippen molar-refractivity contribution in [2.45, 2.75) is 44.6 Å². The monoisotopic (exact) mass is 289 g/mol. The summed E-state index contributed by atoms with van der Waals surface area (Å²) in [6, 6.07) is 8.45. The van der Waals surface area contributed by atoms with Crippen LogP contribution in [0.4, 0.5) is 5.69 Å². The van der Waals surface area contributed by atoms with Crippen LogP contribution in [0, 0.1) is 0 Å². The van der Waals surface area contributed by atoms with E-state index in [4.69, 9.17) is 5.73 Å². The van der Waals surface area contributed by atoms with Crippen molar-refractivity contribution in [3.8, 4) is 0 Å². The van der Waals surface area contributed by atoms with Gasteiger partial charge in [-0.05, 0) is 44.0 Å². The van der Waals surface area contributed by atoms with Crippen LogP contribution in [0.5, 0.6) is 0 Å². The van der Waals surface area contributed by atoms with Gasteiger partial charge in [-0.1, -0.05) is 25.0 Å². The molecule has 0 radical (unpaired) electrons. The predicted octanol–water partition coefficient (Wildman–Crippen LogP) is 2.19. The molecule has 0 spiro atoms. The molecule has 1 aromatic rings. The van der Waals surface area contributed by atoms with Crippen LogP contribution in [-0.4, -0.2) is 37.0 Å². The molecule has 4 nitrogen and oxygen atoms in total. The Labute approximate surface area is 127 Å². The zero-order valence-electron chi connectivity index (χ0n) is 13.0. The van der Waals surface area contributed by atoms with Gasteiger partial charge in [0.2, 0.25) is 5.91 Å². The van der Waals surface area contributed by atoms with Gasteiger partial charge in [-0.25, -0.2) is 0 Å². The van der Waals surface area contributed by atoms with Crippen molar-refractivity contribution in [3.05, 3.63) is 29.8 Å². The number of hydrogen-bond acceptors (Lipinski definition) is 3. The number of aryl methyl sites for hydroxylation is 1. The fourth-order valence-corrected chi connectivity index (χ4v) is 2.99. The summed E-state index contributed by atoms with van der Waals surface area (Å²) in [7, 11) is 2.16. The van der Waals surface area contributed by atoms with Crippen LogP contribution in [0.25, 0.3) is 0 Å². The molecular formula is C17H27N3O. The number of nitrogens with zero attached hydrogens (tertiary/aromatic N) is 1. The van der Waals surface area contributed by atoms with Crippen molar-refractivity contribution >= 4 is 11.6 Å². The molecule has 1 fully saturated rings. The third kappa shape index (κ3) is 5.38. The highest BCUT2D eigenvalue weighted by Gasteiger charge is 2.18. The summed E-state index contributed by atoms with van der Waals surface area (Å²) in [4.78, 5) is 14.2. The van der Waals surface area contributed by atoms with Gasteiger partial charge in [0.25, 0.3) is 0 Å². The predicted molar refractivity (Wildman–Crippen MR) is 87.1 cm³/mol. The highest BCUT2D eigenvalue weighted by molar-refractivity contribution is 5.76. The summed E-state index contributed by atoms with van der Waals surface area (Å²) in [5.41, 5.74) is 7.61. The van der Waals surface area contributed by atoms with E-state index in [9.17, 15) is 4.79 Å². The molecule has 1 aromatic carbocycles. The lowest BCUT2D eigenvalue weighted by molar-refractivity contribution is -0.121. The smallest absolute Gasteiger partial charge is 0.220 e. The van der Waals surface area contributed by atoms with Gasteiger partial charge in [0.1, 0.15) is 0 Å². The lowest BCUT2D eigenvalue weighted by Crippen LogP contribution is -2.37. The second-order valence-corrected chi connectivity index (χ2v) is 6.01. The fraction of sp³-hybridized carbons (Fsp3) is 0.588. The Morgan fingerprint density at radius 3 is 2.86 bits per heavy atom. The molecule has 0 aliphatic heterocycles. The number of nitrogens with two attached hydrogens (primary N) is 1. The third-order valence-corrected chi connectivity index (χ3v) is 4.33. The van der Waals surface area contributed by atoms with E-state index in [2.05, 4.69) is 17.3 Å². The summed E-state index contributed by atoms with van der Waals surface area (Å²) in [5, 5.41) is 3.01. The second-order valence-electron chi connectivity index (χ2n) is 6.01. The first-order valence-electron chi connectivity index (χ1n) is 7.96. The Morgan fingerprint density at radius 2 is 2.14 bits per heavy atom. The molecule has 0 saturated heterocycles. The molecule has 1 aliphatic carbocycles. The molecule has 0 aromatic heterocycles. The first-order valence-corrected chi connectivity index (χ1v) is 7.96. The van der Waals surface area contributed by atoms with Crippen LogP contribution < -0.4 is 11.1 Å². The number of carbonyl (C=O) groups is 1. The second kappa shape index (κ2) is 8.03. The van der Waals surface area contributed by atoms with E-state index in [1.165, 1.54) is 25.7 Å². The van der Waals surface area contributed by atoms with Gasteiger partial charge in [-0.15, -0.1) is 0 Å². The zero-order chi connectivity index (χ0) is 15.1. The standard InChI is InChI=1S/C17H27N3O/c1-20(16-7-2-3-8-16)12-11-19-17(21)10-9-14-5-4-6-15(18)13-14/h4-6,13,16H,2-3,7-12,18H2,1H3,(H,19,21). The van der Waals surface area contributed by atoms with Crippen LogP contribution in [0.15, 0.2) is 24.3 Å². The van der Waals surface area contributed by atoms with Gasteiger partial charge >= 0.3 is 0 Å². The quantitative estimate of drug-likeness (QED) is 0.757. The van der Waals surface area contributed by atoms with Crippen molar-refractivity contribution in [2.24, 2.45) is 0 Å². The number of rotatable bonds is 7. The van der Waals surface area contributed by atoms with Crippen LogP contribution in [0.2, 0.25) is 0 Å². The molecule has 1 amide bonds. The van der Waals surface area contributed by atoms with Crippen molar-refractivity contribution in [1.29, 1.82) is 0 Å². The molecule has 21 heavy (non-hydrogen) atoms. The van der Waals surface area contributed by atoms with Crippen molar-refractivity contribution in [1.82, 2.24) is 10.2 Å². The van der Waals surface area contributed by atoms with Gasteiger partial charge in [0, 0.05) is 31.2 Å². The normalized spacial score (nSPS) is 15.5. The minimum atomic E-state index is 0.122. The number of benzene rings is 1. The van der Waals surface area contributed by atoms with E-state index in [0.29, 0.717) is 12.5 Å². The fourth-order valence-electron chi connectivity index (χ4n) is 2.99. The summed E-state index contributed by atoms with van der Waals surface area (Å²) >= 11 is 0. The Morgan fingerprint density at radius 1 is 1.38 bits per heavy atom. The maximum atomic E-state index is 11.8. The molecule has 116 valence electrons. The molecule has 1 aliphatic rings. The number of hydrogen-bond donors (Lipinski definition) is 2. The lowest BCUT2D eigenvalue weighted by Gasteiger charge is -2.23. The molecule has 0 unspecified atom stereocenters. The number of likely N-dealkylation sites (N-methyl/N-ethyl adjacent to an activating group) is 1. The molecular weight excluding hydrogens is 262 g/mol. The molecule has 2 rings (SSSR count). The molecule has 0 atom stereocenters. The maximum absolute atomic E-state index is 11.8. The van der Waals surface area contributed by atoms with E-state index in [-0.39, 0.29) is 5.91 Å². The zero-order valence-corrected chi connectivity index (χ0v) is 13.0. The van der Waals surface area contributed by atoms with Crippen LogP contribution >= 0.6 is 0 Å². The average Bonchev–Trinajstić information content (AvgIpc) is 2.99. The van der Waals surface area contributed by atoms with Gasteiger partial charge in [0.15, 0.2) is 0 Å². The highest BCUT2D eigenvalue weighted by Crippen LogP contribution is 2.21. The minimum absolute atomic E-state index is 0.122. The van der Waals surface area contributed by atoms with Crippen LogP contribution in [-0.2, 0) is 11.2 Å². The van der Waals surface area contributed by atoms with Crippen molar-refractivity contribution < 1.29 is 4.79 Å². The highest BCUT2D eigenvalue weighted by atomic mass is 16.1. The van der Waals surface area contributed by atoms with E-state index in [0.717, 1.165) is 30.8 Å². The van der Waals surface area contributed by atoms with E-state index >= 15 is 0 Å². The van der Waals surface area contributed by atoms with Crippen molar-refractivity contribution in [2.75, 3.05) is 25.9 Å². The topological polar surface area (TPSA) is 58.4 Å². The number of carbonyl (C=O) groups excluding carboxylic acids is 1. The first-order chi connectivity index (χ1) is 10.1.